The number of benzene rings is 2. The summed E-state index contributed by atoms with van der Waals surface area (Å²) < 4.78 is 62.8. The van der Waals surface area contributed by atoms with Gasteiger partial charge in [0.2, 0.25) is 0 Å². The van der Waals surface area contributed by atoms with Crippen molar-refractivity contribution in [2.24, 2.45) is 0 Å². The molecule has 0 bridgehead atoms. The maximum absolute atomic E-state index is 12.5. The van der Waals surface area contributed by atoms with E-state index >= 15 is 0 Å². The van der Waals surface area contributed by atoms with E-state index in [-0.39, 0.29) is 51.8 Å². The number of rotatable bonds is 2. The number of ketones is 2. The average Bonchev–Trinajstić information content (AvgIpc) is 2.49. The van der Waals surface area contributed by atoms with Crippen LogP contribution in [0, 0.1) is 0 Å². The van der Waals surface area contributed by atoms with Gasteiger partial charge >= 0.3 is 29.6 Å². The minimum absolute atomic E-state index is 0. The second-order valence-corrected chi connectivity index (χ2v) is 7.87. The summed E-state index contributed by atoms with van der Waals surface area (Å²) in [5, 5.41) is 0. The van der Waals surface area contributed by atoms with Crippen molar-refractivity contribution in [2.75, 3.05) is 0 Å². The van der Waals surface area contributed by atoms with Crippen LogP contribution in [0.25, 0.3) is 0 Å². The van der Waals surface area contributed by atoms with Crippen molar-refractivity contribution in [3.8, 4) is 0 Å². The molecule has 0 heterocycles. The Hall–Kier alpha value is -1.40. The fraction of sp³-hybridized carbons (Fsp3) is 0. The summed E-state index contributed by atoms with van der Waals surface area (Å²) in [6, 6.07) is 5.84. The van der Waals surface area contributed by atoms with Gasteiger partial charge in [-0.25, -0.2) is 0 Å². The minimum atomic E-state index is -4.59. The molecule has 0 radical (unpaired) electrons. The Bertz CT molecular complexity index is 1050. The second-order valence-electron chi connectivity index (χ2n) is 5.02. The Labute approximate surface area is 164 Å². The number of carbonyl (C=O) groups excluding carboxylic acids is 2. The van der Waals surface area contributed by atoms with Crippen molar-refractivity contribution in [1.82, 2.24) is 0 Å². The summed E-state index contributed by atoms with van der Waals surface area (Å²) in [7, 11) is -9.17. The van der Waals surface area contributed by atoms with E-state index in [1.807, 2.05) is 0 Å². The summed E-state index contributed by atoms with van der Waals surface area (Å²) in [5.74, 6) is -1.40. The number of carbonyl (C=O) groups is 2. The predicted octanol–water partition coefficient (Wildman–Crippen LogP) is 0.307. The normalized spacial score (nSPS) is 13.7. The molecule has 0 spiro atoms. The Morgan fingerprint density at radius 1 is 0.600 bits per heavy atom. The zero-order valence-electron chi connectivity index (χ0n) is 11.6. The van der Waals surface area contributed by atoms with Gasteiger partial charge in [0.25, 0.3) is 20.2 Å². The molecule has 25 heavy (non-hydrogen) atoms. The quantitative estimate of drug-likeness (QED) is 0.468. The van der Waals surface area contributed by atoms with Crippen LogP contribution in [0.3, 0.4) is 0 Å². The van der Waals surface area contributed by atoms with Crippen LogP contribution in [0.5, 0.6) is 0 Å². The molecule has 0 amide bonds. The van der Waals surface area contributed by atoms with Crippen LogP contribution >= 0.6 is 0 Å². The van der Waals surface area contributed by atoms with Gasteiger partial charge in [-0.2, -0.15) is 16.8 Å². The van der Waals surface area contributed by atoms with E-state index in [1.54, 1.807) is 0 Å². The van der Waals surface area contributed by atoms with Gasteiger partial charge < -0.3 is 0 Å². The molecule has 0 aliphatic heterocycles. The average molecular weight is 392 g/mol. The van der Waals surface area contributed by atoms with E-state index in [2.05, 4.69) is 0 Å². The van der Waals surface area contributed by atoms with E-state index in [4.69, 9.17) is 9.11 Å². The molecule has 0 fully saturated rings. The summed E-state index contributed by atoms with van der Waals surface area (Å²) >= 11 is 0. The van der Waals surface area contributed by atoms with Gasteiger partial charge in [-0.15, -0.1) is 0 Å². The van der Waals surface area contributed by atoms with Crippen molar-refractivity contribution in [3.63, 3.8) is 0 Å². The van der Waals surface area contributed by atoms with Gasteiger partial charge in [-0.1, -0.05) is 0 Å². The van der Waals surface area contributed by atoms with E-state index in [9.17, 15) is 26.4 Å². The van der Waals surface area contributed by atoms with Crippen LogP contribution < -0.4 is 0 Å². The molecule has 0 saturated carbocycles. The molecule has 2 N–H and O–H groups in total. The van der Waals surface area contributed by atoms with E-state index in [0.29, 0.717) is 0 Å². The predicted molar refractivity (Wildman–Crippen MR) is 86.5 cm³/mol. The van der Waals surface area contributed by atoms with E-state index in [1.165, 1.54) is 0 Å². The van der Waals surface area contributed by atoms with Gasteiger partial charge in [0, 0.05) is 22.3 Å². The molecule has 2 aromatic rings. The van der Waals surface area contributed by atoms with Gasteiger partial charge in [-0.05, 0) is 36.4 Å². The SMILES string of the molecule is O=C1c2ccc(S(=O)(=O)O)cc2C(=O)c2cc(S(=O)(=O)O)ccc21.[NaH]. The van der Waals surface area contributed by atoms with Crippen molar-refractivity contribution < 1.29 is 35.5 Å². The zero-order valence-corrected chi connectivity index (χ0v) is 13.3. The van der Waals surface area contributed by atoms with Crippen LogP contribution in [-0.4, -0.2) is 67.1 Å². The Kier molecular flexibility index (Phi) is 5.10. The molecule has 2 aromatic carbocycles. The molecule has 1 aliphatic rings. The molecular weight excluding hydrogens is 383 g/mol. The first-order chi connectivity index (χ1) is 11.0. The Morgan fingerprint density at radius 2 is 0.920 bits per heavy atom. The fourth-order valence-corrected chi connectivity index (χ4v) is 3.44. The zero-order chi connectivity index (χ0) is 17.9. The monoisotopic (exact) mass is 392 g/mol. The standard InChI is InChI=1S/C14H8O8S2.Na.H/c15-13-9-3-1-7(23(17,18)19)5-11(9)14(16)12-6-8(24(20,21)22)2-4-10(12)13;;/h1-6H,(H,17,18,19)(H,20,21,22);;. The summed E-state index contributed by atoms with van der Waals surface area (Å²) in [6.07, 6.45) is 0. The number of fused-ring (bicyclic) bond motifs is 2. The number of hydrogen-bond acceptors (Lipinski definition) is 6. The first-order valence-corrected chi connectivity index (χ1v) is 9.20. The summed E-state index contributed by atoms with van der Waals surface area (Å²) in [4.78, 5) is 23.8. The number of hydrogen-bond donors (Lipinski definition) is 2. The molecule has 126 valence electrons. The molecule has 0 unspecified atom stereocenters. The van der Waals surface area contributed by atoms with Crippen molar-refractivity contribution in [1.29, 1.82) is 0 Å². The van der Waals surface area contributed by atoms with Gasteiger partial charge in [0.1, 0.15) is 0 Å². The van der Waals surface area contributed by atoms with E-state index < -0.39 is 41.6 Å². The Balaban J connectivity index is 0.00000225. The third kappa shape index (κ3) is 3.47. The summed E-state index contributed by atoms with van der Waals surface area (Å²) in [6.45, 7) is 0. The van der Waals surface area contributed by atoms with Crippen LogP contribution in [0.4, 0.5) is 0 Å². The second kappa shape index (κ2) is 6.40. The molecular formula is C14H9NaO8S2. The van der Waals surface area contributed by atoms with Crippen molar-refractivity contribution >= 4 is 61.4 Å². The van der Waals surface area contributed by atoms with Crippen LogP contribution in [0.1, 0.15) is 31.8 Å². The van der Waals surface area contributed by atoms with Gasteiger partial charge in [0.15, 0.2) is 11.6 Å². The van der Waals surface area contributed by atoms with Gasteiger partial charge in [-0.3, -0.25) is 18.7 Å². The topological polar surface area (TPSA) is 143 Å². The molecule has 11 heteroatoms. The van der Waals surface area contributed by atoms with E-state index in [0.717, 1.165) is 36.4 Å². The van der Waals surface area contributed by atoms with Crippen molar-refractivity contribution in [2.45, 2.75) is 9.79 Å². The van der Waals surface area contributed by atoms with Crippen LogP contribution in [-0.2, 0) is 20.2 Å². The molecule has 0 aromatic heterocycles. The molecule has 8 nitrogen and oxygen atoms in total. The molecule has 3 rings (SSSR count). The molecule has 0 atom stereocenters. The summed E-state index contributed by atoms with van der Waals surface area (Å²) in [5.41, 5.74) is -0.704. The molecule has 1 aliphatic carbocycles. The third-order valence-electron chi connectivity index (χ3n) is 3.56. The molecule has 0 saturated heterocycles. The first-order valence-electron chi connectivity index (χ1n) is 6.32. The third-order valence-corrected chi connectivity index (χ3v) is 5.26. The van der Waals surface area contributed by atoms with Crippen LogP contribution in [0.15, 0.2) is 46.2 Å². The Morgan fingerprint density at radius 3 is 1.24 bits per heavy atom. The van der Waals surface area contributed by atoms with Crippen LogP contribution in [0.2, 0.25) is 0 Å². The van der Waals surface area contributed by atoms with Crippen molar-refractivity contribution in [3.05, 3.63) is 58.7 Å². The first kappa shape index (κ1) is 19.9. The van der Waals surface area contributed by atoms with Gasteiger partial charge in [0.05, 0.1) is 9.79 Å². The fourth-order valence-electron chi connectivity index (χ4n) is 2.43. The maximum atomic E-state index is 12.5.